The van der Waals surface area contributed by atoms with Crippen LogP contribution in [0, 0.1) is 0 Å². The third-order valence-corrected chi connectivity index (χ3v) is 10.2. The monoisotopic (exact) mass is 663 g/mol. The molecule has 0 saturated heterocycles. The second kappa shape index (κ2) is 12.5. The van der Waals surface area contributed by atoms with Crippen LogP contribution in [0.3, 0.4) is 0 Å². The summed E-state index contributed by atoms with van der Waals surface area (Å²) < 4.78 is 6.87. The molecule has 9 aromatic carbocycles. The number of furan rings is 1. The van der Waals surface area contributed by atoms with Crippen LogP contribution in [-0.2, 0) is 0 Å². The van der Waals surface area contributed by atoms with E-state index in [0.717, 1.165) is 50.1 Å². The summed E-state index contributed by atoms with van der Waals surface area (Å²) >= 11 is 0. The average molecular weight is 664 g/mol. The molecule has 10 aromatic rings. The molecule has 2 heteroatoms. The Kier molecular flexibility index (Phi) is 7.18. The predicted molar refractivity (Wildman–Crippen MR) is 220 cm³/mol. The van der Waals surface area contributed by atoms with Gasteiger partial charge in [-0.2, -0.15) is 0 Å². The first kappa shape index (κ1) is 30.0. The van der Waals surface area contributed by atoms with Gasteiger partial charge >= 0.3 is 0 Å². The van der Waals surface area contributed by atoms with E-state index in [1.807, 2.05) is 0 Å². The SMILES string of the molecule is c1ccc(-c2ccc(N(c3ccc(-c4ccc5ccccc5c4)cc3)c3ccc4c(c3)oc3c(-c5ccccc5)cc5ccccc5c34)cc2)cc1. The standard InChI is InChI=1S/C50H33NO/c1-3-11-34(12-4-1)36-21-25-42(26-22-36)51(43-27-23-37(24-28-43)40-20-19-35-13-7-8-16-39(35)31-40)44-29-30-46-48(33-44)52-50-47(38-14-5-2-6-15-38)32-41-17-9-10-18-45(41)49(46)50/h1-33H. The van der Waals surface area contributed by atoms with E-state index in [1.165, 1.54) is 43.8 Å². The molecule has 1 heterocycles. The topological polar surface area (TPSA) is 16.4 Å². The predicted octanol–water partition coefficient (Wildman–Crippen LogP) is 14.4. The highest BCUT2D eigenvalue weighted by Crippen LogP contribution is 2.44. The molecule has 1 aromatic heterocycles. The Morgan fingerprint density at radius 3 is 1.58 bits per heavy atom. The third kappa shape index (κ3) is 5.21. The second-order valence-electron chi connectivity index (χ2n) is 13.4. The van der Waals surface area contributed by atoms with Crippen LogP contribution >= 0.6 is 0 Å². The van der Waals surface area contributed by atoms with Crippen LogP contribution in [0.25, 0.3) is 76.9 Å². The first-order valence-electron chi connectivity index (χ1n) is 17.8. The minimum absolute atomic E-state index is 0.861. The van der Waals surface area contributed by atoms with Gasteiger partial charge in [0.15, 0.2) is 0 Å². The Morgan fingerprint density at radius 2 is 0.865 bits per heavy atom. The van der Waals surface area contributed by atoms with Crippen molar-refractivity contribution in [1.82, 2.24) is 0 Å². The summed E-state index contributed by atoms with van der Waals surface area (Å²) in [6, 6.07) is 71.5. The van der Waals surface area contributed by atoms with Crippen molar-refractivity contribution in [1.29, 1.82) is 0 Å². The number of anilines is 3. The molecule has 0 aliphatic heterocycles. The van der Waals surface area contributed by atoms with E-state index < -0.39 is 0 Å². The second-order valence-corrected chi connectivity index (χ2v) is 13.4. The molecule has 0 aliphatic carbocycles. The molecule has 52 heavy (non-hydrogen) atoms. The van der Waals surface area contributed by atoms with Crippen molar-refractivity contribution in [3.05, 3.63) is 200 Å². The highest BCUT2D eigenvalue weighted by Gasteiger charge is 2.19. The zero-order valence-corrected chi connectivity index (χ0v) is 28.4. The number of benzene rings is 9. The Balaban J connectivity index is 1.13. The third-order valence-electron chi connectivity index (χ3n) is 10.2. The quantitative estimate of drug-likeness (QED) is 0.176. The molecule has 0 unspecified atom stereocenters. The van der Waals surface area contributed by atoms with Gasteiger partial charge in [-0.25, -0.2) is 0 Å². The molecule has 0 radical (unpaired) electrons. The fourth-order valence-corrected chi connectivity index (χ4v) is 7.64. The van der Waals surface area contributed by atoms with Crippen LogP contribution in [0.5, 0.6) is 0 Å². The van der Waals surface area contributed by atoms with Gasteiger partial charge < -0.3 is 9.32 Å². The molecule has 0 N–H and O–H groups in total. The van der Waals surface area contributed by atoms with Crippen molar-refractivity contribution in [3.63, 3.8) is 0 Å². The van der Waals surface area contributed by atoms with Crippen molar-refractivity contribution < 1.29 is 4.42 Å². The zero-order valence-electron chi connectivity index (χ0n) is 28.4. The number of hydrogen-bond acceptors (Lipinski definition) is 2. The summed E-state index contributed by atoms with van der Waals surface area (Å²) in [5, 5.41) is 7.15. The number of rotatable bonds is 6. The molecular weight excluding hydrogens is 631 g/mol. The van der Waals surface area contributed by atoms with Crippen LogP contribution in [0.1, 0.15) is 0 Å². The molecule has 0 saturated carbocycles. The smallest absolute Gasteiger partial charge is 0.143 e. The number of fused-ring (bicyclic) bond motifs is 6. The lowest BCUT2D eigenvalue weighted by Crippen LogP contribution is -2.09. The highest BCUT2D eigenvalue weighted by atomic mass is 16.3. The van der Waals surface area contributed by atoms with Crippen molar-refractivity contribution in [3.8, 4) is 33.4 Å². The molecule has 0 atom stereocenters. The molecule has 0 spiro atoms. The normalized spacial score (nSPS) is 11.5. The Bertz CT molecular complexity index is 2870. The molecule has 0 amide bonds. The Hall–Kier alpha value is -6.90. The molecule has 0 fully saturated rings. The minimum atomic E-state index is 0.861. The van der Waals surface area contributed by atoms with Crippen molar-refractivity contribution in [2.24, 2.45) is 0 Å². The largest absolute Gasteiger partial charge is 0.455 e. The summed E-state index contributed by atoms with van der Waals surface area (Å²) in [5.41, 5.74) is 12.0. The van der Waals surface area contributed by atoms with E-state index >= 15 is 0 Å². The van der Waals surface area contributed by atoms with Crippen LogP contribution < -0.4 is 4.90 Å². The lowest BCUT2D eigenvalue weighted by molar-refractivity contribution is 0.670. The van der Waals surface area contributed by atoms with Crippen molar-refractivity contribution >= 4 is 60.5 Å². The fraction of sp³-hybridized carbons (Fsp3) is 0. The Morgan fingerprint density at radius 1 is 0.327 bits per heavy atom. The maximum Gasteiger partial charge on any atom is 0.143 e. The van der Waals surface area contributed by atoms with E-state index in [4.69, 9.17) is 4.42 Å². The lowest BCUT2D eigenvalue weighted by atomic mass is 9.96. The summed E-state index contributed by atoms with van der Waals surface area (Å²) in [4.78, 5) is 2.32. The van der Waals surface area contributed by atoms with E-state index in [1.54, 1.807) is 0 Å². The van der Waals surface area contributed by atoms with E-state index in [9.17, 15) is 0 Å². The summed E-state index contributed by atoms with van der Waals surface area (Å²) in [7, 11) is 0. The maximum absolute atomic E-state index is 6.87. The molecule has 10 rings (SSSR count). The van der Waals surface area contributed by atoms with E-state index in [2.05, 4.69) is 205 Å². The van der Waals surface area contributed by atoms with Crippen molar-refractivity contribution in [2.45, 2.75) is 0 Å². The van der Waals surface area contributed by atoms with Gasteiger partial charge in [-0.1, -0.05) is 146 Å². The van der Waals surface area contributed by atoms with Crippen LogP contribution in [-0.4, -0.2) is 0 Å². The fourth-order valence-electron chi connectivity index (χ4n) is 7.64. The van der Waals surface area contributed by atoms with Gasteiger partial charge in [0.2, 0.25) is 0 Å². The minimum Gasteiger partial charge on any atom is -0.455 e. The molecule has 2 nitrogen and oxygen atoms in total. The van der Waals surface area contributed by atoms with Crippen LogP contribution in [0.2, 0.25) is 0 Å². The van der Waals surface area contributed by atoms with Gasteiger partial charge in [0.25, 0.3) is 0 Å². The Labute approximate surface area is 302 Å². The number of hydrogen-bond donors (Lipinski definition) is 0. The average Bonchev–Trinajstić information content (AvgIpc) is 3.61. The first-order chi connectivity index (χ1) is 25.8. The van der Waals surface area contributed by atoms with E-state index in [0.29, 0.717) is 0 Å². The highest BCUT2D eigenvalue weighted by molar-refractivity contribution is 6.22. The molecule has 0 bridgehead atoms. The van der Waals surface area contributed by atoms with Crippen molar-refractivity contribution in [2.75, 3.05) is 4.90 Å². The summed E-state index contributed by atoms with van der Waals surface area (Å²) in [6.45, 7) is 0. The van der Waals surface area contributed by atoms with E-state index in [-0.39, 0.29) is 0 Å². The lowest BCUT2D eigenvalue weighted by Gasteiger charge is -2.26. The number of nitrogens with zero attached hydrogens (tertiary/aromatic N) is 1. The molecule has 244 valence electrons. The van der Waals surface area contributed by atoms with Gasteiger partial charge in [0.05, 0.1) is 0 Å². The molecule has 0 aliphatic rings. The maximum atomic E-state index is 6.87. The zero-order chi connectivity index (χ0) is 34.4. The summed E-state index contributed by atoms with van der Waals surface area (Å²) in [6.07, 6.45) is 0. The molecular formula is C50H33NO. The van der Waals surface area contributed by atoms with Gasteiger partial charge in [-0.3, -0.25) is 0 Å². The van der Waals surface area contributed by atoms with Gasteiger partial charge in [-0.05, 0) is 97.9 Å². The first-order valence-corrected chi connectivity index (χ1v) is 17.8. The van der Waals surface area contributed by atoms with Gasteiger partial charge in [0, 0.05) is 39.5 Å². The van der Waals surface area contributed by atoms with Gasteiger partial charge in [-0.15, -0.1) is 0 Å². The van der Waals surface area contributed by atoms with Crippen LogP contribution in [0.4, 0.5) is 17.1 Å². The van der Waals surface area contributed by atoms with Gasteiger partial charge in [0.1, 0.15) is 11.2 Å². The summed E-state index contributed by atoms with van der Waals surface area (Å²) in [5.74, 6) is 0. The van der Waals surface area contributed by atoms with Crippen LogP contribution in [0.15, 0.2) is 205 Å².